The molecule has 0 radical (unpaired) electrons. The van der Waals surface area contributed by atoms with Gasteiger partial charge >= 0.3 is 0 Å². The van der Waals surface area contributed by atoms with Crippen LogP contribution in [0.15, 0.2) is 12.4 Å². The van der Waals surface area contributed by atoms with Crippen molar-refractivity contribution < 1.29 is 4.79 Å². The fourth-order valence-electron chi connectivity index (χ4n) is 3.57. The van der Waals surface area contributed by atoms with Crippen molar-refractivity contribution in [3.63, 3.8) is 0 Å². The van der Waals surface area contributed by atoms with Gasteiger partial charge in [0, 0.05) is 38.8 Å². The zero-order valence-electron chi connectivity index (χ0n) is 13.1. The molecule has 6 heteroatoms. The first-order chi connectivity index (χ1) is 10.7. The van der Waals surface area contributed by atoms with E-state index in [0.717, 1.165) is 45.7 Å². The molecule has 0 N–H and O–H groups in total. The molecule has 3 rings (SSSR count). The predicted molar refractivity (Wildman–Crippen MR) is 86.6 cm³/mol. The van der Waals surface area contributed by atoms with Crippen LogP contribution in [0.1, 0.15) is 38.5 Å². The van der Waals surface area contributed by atoms with Gasteiger partial charge in [-0.05, 0) is 25.2 Å². The van der Waals surface area contributed by atoms with Crippen molar-refractivity contribution in [2.75, 3.05) is 26.2 Å². The SMILES string of the molecule is O=C(CC1CCCC1)N1CCCN(Cn2cc(Cl)cn2)CC1. The third-order valence-electron chi connectivity index (χ3n) is 4.83. The van der Waals surface area contributed by atoms with Crippen molar-refractivity contribution in [3.05, 3.63) is 17.4 Å². The molecule has 1 saturated carbocycles. The van der Waals surface area contributed by atoms with Crippen molar-refractivity contribution in [2.24, 2.45) is 5.92 Å². The van der Waals surface area contributed by atoms with Gasteiger partial charge in [-0.1, -0.05) is 24.4 Å². The van der Waals surface area contributed by atoms with Crippen LogP contribution in [0.3, 0.4) is 0 Å². The molecule has 1 aliphatic carbocycles. The third kappa shape index (κ3) is 4.23. The van der Waals surface area contributed by atoms with Crippen molar-refractivity contribution >= 4 is 17.5 Å². The third-order valence-corrected chi connectivity index (χ3v) is 5.02. The molecule has 0 unspecified atom stereocenters. The standard InChI is InChI=1S/C16H25ClN4O/c17-15-11-18-21(12-15)13-19-6-3-7-20(9-8-19)16(22)10-14-4-1-2-5-14/h11-12,14H,1-10,13H2. The number of aromatic nitrogens is 2. The maximum Gasteiger partial charge on any atom is 0.222 e. The van der Waals surface area contributed by atoms with Crippen LogP contribution in [-0.4, -0.2) is 51.7 Å². The summed E-state index contributed by atoms with van der Waals surface area (Å²) < 4.78 is 1.86. The average molecular weight is 325 g/mol. The van der Waals surface area contributed by atoms with Gasteiger partial charge in [0.1, 0.15) is 0 Å². The minimum atomic E-state index is 0.357. The molecule has 1 aliphatic heterocycles. The zero-order chi connectivity index (χ0) is 15.4. The smallest absolute Gasteiger partial charge is 0.222 e. The summed E-state index contributed by atoms with van der Waals surface area (Å²) in [7, 11) is 0. The van der Waals surface area contributed by atoms with E-state index in [9.17, 15) is 4.79 Å². The van der Waals surface area contributed by atoms with Crippen LogP contribution in [0, 0.1) is 5.92 Å². The average Bonchev–Trinajstić information content (AvgIpc) is 3.07. The summed E-state index contributed by atoms with van der Waals surface area (Å²) in [5.74, 6) is 0.994. The van der Waals surface area contributed by atoms with Gasteiger partial charge in [0.2, 0.25) is 5.91 Å². The van der Waals surface area contributed by atoms with Crippen LogP contribution in [0.2, 0.25) is 5.02 Å². The lowest BCUT2D eigenvalue weighted by molar-refractivity contribution is -0.132. The van der Waals surface area contributed by atoms with E-state index in [-0.39, 0.29) is 0 Å². The maximum absolute atomic E-state index is 12.4. The number of nitrogens with zero attached hydrogens (tertiary/aromatic N) is 4. The predicted octanol–water partition coefficient (Wildman–Crippen LogP) is 2.61. The molecular weight excluding hydrogens is 300 g/mol. The second-order valence-electron chi connectivity index (χ2n) is 6.55. The lowest BCUT2D eigenvalue weighted by Gasteiger charge is -2.23. The fraction of sp³-hybridized carbons (Fsp3) is 0.750. The van der Waals surface area contributed by atoms with Crippen LogP contribution in [0.5, 0.6) is 0 Å². The second kappa shape index (κ2) is 7.47. The molecule has 1 aromatic heterocycles. The number of halogens is 1. The van der Waals surface area contributed by atoms with Gasteiger partial charge in [0.25, 0.3) is 0 Å². The van der Waals surface area contributed by atoms with Crippen LogP contribution >= 0.6 is 11.6 Å². The Kier molecular flexibility index (Phi) is 5.37. The lowest BCUT2D eigenvalue weighted by atomic mass is 10.0. The van der Waals surface area contributed by atoms with Gasteiger partial charge in [-0.2, -0.15) is 5.10 Å². The Labute approximate surface area is 137 Å². The first-order valence-corrected chi connectivity index (χ1v) is 8.76. The lowest BCUT2D eigenvalue weighted by Crippen LogP contribution is -2.36. The van der Waals surface area contributed by atoms with Crippen molar-refractivity contribution in [2.45, 2.75) is 45.2 Å². The molecule has 22 heavy (non-hydrogen) atoms. The molecule has 5 nitrogen and oxygen atoms in total. The second-order valence-corrected chi connectivity index (χ2v) is 6.98. The quantitative estimate of drug-likeness (QED) is 0.855. The first kappa shape index (κ1) is 15.8. The number of amides is 1. The molecule has 0 bridgehead atoms. The number of carbonyl (C=O) groups excluding carboxylic acids is 1. The Morgan fingerprint density at radius 3 is 2.73 bits per heavy atom. The van der Waals surface area contributed by atoms with Gasteiger partial charge < -0.3 is 4.90 Å². The minimum Gasteiger partial charge on any atom is -0.341 e. The van der Waals surface area contributed by atoms with E-state index in [1.165, 1.54) is 25.7 Å². The summed E-state index contributed by atoms with van der Waals surface area (Å²) in [6.07, 6.45) is 10.4. The first-order valence-electron chi connectivity index (χ1n) is 8.39. The van der Waals surface area contributed by atoms with Gasteiger partial charge in [-0.15, -0.1) is 0 Å². The fourth-order valence-corrected chi connectivity index (χ4v) is 3.73. The highest BCUT2D eigenvalue weighted by Gasteiger charge is 2.24. The highest BCUT2D eigenvalue weighted by Crippen LogP contribution is 2.28. The van der Waals surface area contributed by atoms with E-state index in [4.69, 9.17) is 11.6 Å². The Bertz CT molecular complexity index is 498. The van der Waals surface area contributed by atoms with E-state index in [1.54, 1.807) is 6.20 Å². The van der Waals surface area contributed by atoms with Crippen molar-refractivity contribution in [3.8, 4) is 0 Å². The Morgan fingerprint density at radius 2 is 2.00 bits per heavy atom. The van der Waals surface area contributed by atoms with Crippen LogP contribution in [0.4, 0.5) is 0 Å². The van der Waals surface area contributed by atoms with E-state index in [1.807, 2.05) is 10.9 Å². The molecule has 1 saturated heterocycles. The highest BCUT2D eigenvalue weighted by molar-refractivity contribution is 6.30. The Hall–Kier alpha value is -1.07. The molecular formula is C16H25ClN4O. The number of rotatable bonds is 4. The molecule has 2 heterocycles. The summed E-state index contributed by atoms with van der Waals surface area (Å²) in [5, 5.41) is 4.90. The zero-order valence-corrected chi connectivity index (χ0v) is 13.8. The molecule has 1 aromatic rings. The summed E-state index contributed by atoms with van der Waals surface area (Å²) >= 11 is 5.90. The maximum atomic E-state index is 12.4. The van der Waals surface area contributed by atoms with Gasteiger partial charge in [0.15, 0.2) is 0 Å². The van der Waals surface area contributed by atoms with Gasteiger partial charge in [0.05, 0.1) is 17.9 Å². The molecule has 0 atom stereocenters. The molecule has 0 aromatic carbocycles. The van der Waals surface area contributed by atoms with Gasteiger partial charge in [-0.3, -0.25) is 14.4 Å². The van der Waals surface area contributed by atoms with Crippen LogP contribution in [0.25, 0.3) is 0 Å². The highest BCUT2D eigenvalue weighted by atomic mass is 35.5. The molecule has 1 amide bonds. The van der Waals surface area contributed by atoms with Crippen molar-refractivity contribution in [1.82, 2.24) is 19.6 Å². The van der Waals surface area contributed by atoms with Gasteiger partial charge in [-0.25, -0.2) is 0 Å². The number of carbonyl (C=O) groups is 1. The Balaban J connectivity index is 1.47. The molecule has 2 aliphatic rings. The summed E-state index contributed by atoms with van der Waals surface area (Å²) in [6.45, 7) is 4.39. The van der Waals surface area contributed by atoms with E-state index < -0.39 is 0 Å². The van der Waals surface area contributed by atoms with Crippen LogP contribution in [-0.2, 0) is 11.5 Å². The summed E-state index contributed by atoms with van der Waals surface area (Å²) in [6, 6.07) is 0. The minimum absolute atomic E-state index is 0.357. The van der Waals surface area contributed by atoms with E-state index >= 15 is 0 Å². The van der Waals surface area contributed by atoms with Crippen molar-refractivity contribution in [1.29, 1.82) is 0 Å². The number of hydrogen-bond acceptors (Lipinski definition) is 3. The molecule has 2 fully saturated rings. The summed E-state index contributed by atoms with van der Waals surface area (Å²) in [4.78, 5) is 16.9. The largest absolute Gasteiger partial charge is 0.341 e. The van der Waals surface area contributed by atoms with E-state index in [0.29, 0.717) is 16.8 Å². The molecule has 0 spiro atoms. The Morgan fingerprint density at radius 1 is 1.18 bits per heavy atom. The summed E-state index contributed by atoms with van der Waals surface area (Å²) in [5.41, 5.74) is 0. The number of hydrogen-bond donors (Lipinski definition) is 0. The molecule has 122 valence electrons. The normalized spacial score (nSPS) is 21.2. The monoisotopic (exact) mass is 324 g/mol. The topological polar surface area (TPSA) is 41.4 Å². The van der Waals surface area contributed by atoms with E-state index in [2.05, 4.69) is 14.9 Å². The van der Waals surface area contributed by atoms with Crippen LogP contribution < -0.4 is 0 Å².